The molecule has 5 nitrogen and oxygen atoms in total. The van der Waals surface area contributed by atoms with E-state index in [1.807, 2.05) is 0 Å². The normalized spacial score (nSPS) is 12.8. The molecule has 2 N–H and O–H groups in total. The second kappa shape index (κ2) is 5.83. The van der Waals surface area contributed by atoms with Crippen LogP contribution in [0.5, 0.6) is 0 Å². The zero-order valence-corrected chi connectivity index (χ0v) is 11.6. The lowest BCUT2D eigenvalue weighted by atomic mass is 10.3. The summed E-state index contributed by atoms with van der Waals surface area (Å²) in [5.41, 5.74) is 1.50. The van der Waals surface area contributed by atoms with E-state index in [1.165, 1.54) is 24.4 Å². The van der Waals surface area contributed by atoms with Gasteiger partial charge in [0.2, 0.25) is 0 Å². The fourth-order valence-electron chi connectivity index (χ4n) is 1.55. The predicted molar refractivity (Wildman–Crippen MR) is 76.2 cm³/mol. The number of carbonyl (C=O) groups excluding carboxylic acids is 1. The van der Waals surface area contributed by atoms with Crippen LogP contribution >= 0.6 is 11.6 Å². The first kappa shape index (κ1) is 14.2. The number of carbonyl (C=O) groups is 1. The minimum atomic E-state index is -0.433. The van der Waals surface area contributed by atoms with Crippen LogP contribution in [-0.4, -0.2) is 21.0 Å². The maximum Gasteiger partial charge on any atom is 0.291 e. The number of imidazole rings is 1. The summed E-state index contributed by atoms with van der Waals surface area (Å²) >= 11 is 5.58. The molecule has 0 radical (unpaired) electrons. The number of hydrogen-bond acceptors (Lipinski definition) is 3. The van der Waals surface area contributed by atoms with E-state index < -0.39 is 11.7 Å². The minimum absolute atomic E-state index is 0.102. The molecule has 1 aromatic carbocycles. The van der Waals surface area contributed by atoms with Crippen LogP contribution in [-0.2, 0) is 0 Å². The molecule has 20 heavy (non-hydrogen) atoms. The van der Waals surface area contributed by atoms with E-state index in [1.54, 1.807) is 13.8 Å². The van der Waals surface area contributed by atoms with Crippen molar-refractivity contribution in [3.63, 3.8) is 0 Å². The van der Waals surface area contributed by atoms with Crippen LogP contribution in [0.1, 0.15) is 24.5 Å². The molecule has 0 aliphatic heterocycles. The molecule has 7 heteroatoms. The highest BCUT2D eigenvalue weighted by atomic mass is 35.5. The second-order valence-electron chi connectivity index (χ2n) is 4.14. The van der Waals surface area contributed by atoms with Crippen molar-refractivity contribution in [1.82, 2.24) is 15.3 Å². The SMILES string of the molecule is CC(Cl)=N/C=C(\C)NC(=O)c1nc2ccc(F)cc2[nH]1. The summed E-state index contributed by atoms with van der Waals surface area (Å²) in [6.07, 6.45) is 1.43. The topological polar surface area (TPSA) is 70.1 Å². The molecule has 0 spiro atoms. The van der Waals surface area contributed by atoms with Gasteiger partial charge in [0, 0.05) is 11.9 Å². The Bertz CT molecular complexity index is 716. The fraction of sp³-hybridized carbons (Fsp3) is 0.154. The highest BCUT2D eigenvalue weighted by Gasteiger charge is 2.11. The summed E-state index contributed by atoms with van der Waals surface area (Å²) < 4.78 is 13.0. The van der Waals surface area contributed by atoms with E-state index in [0.29, 0.717) is 21.9 Å². The lowest BCUT2D eigenvalue weighted by Crippen LogP contribution is -2.22. The van der Waals surface area contributed by atoms with Crippen LogP contribution in [0.15, 0.2) is 35.1 Å². The third-order valence-corrected chi connectivity index (χ3v) is 2.50. The number of aromatic amines is 1. The standard InChI is InChI=1S/C13H12ClFN4O/c1-7(6-16-8(2)14)17-13(20)12-18-10-4-3-9(15)5-11(10)19-12/h3-6H,1-2H3,(H,17,20)(H,18,19)/b7-6+,16-8?. The van der Waals surface area contributed by atoms with Crippen molar-refractivity contribution in [3.8, 4) is 0 Å². The molecule has 0 unspecified atom stereocenters. The average Bonchev–Trinajstić information content (AvgIpc) is 2.79. The fourth-order valence-corrected chi connectivity index (χ4v) is 1.59. The van der Waals surface area contributed by atoms with Crippen molar-refractivity contribution < 1.29 is 9.18 Å². The maximum atomic E-state index is 13.0. The molecule has 0 bridgehead atoms. The molecule has 0 aliphatic rings. The first-order valence-electron chi connectivity index (χ1n) is 5.79. The van der Waals surface area contributed by atoms with E-state index in [4.69, 9.17) is 11.6 Å². The van der Waals surface area contributed by atoms with Gasteiger partial charge in [-0.1, -0.05) is 11.6 Å². The highest BCUT2D eigenvalue weighted by molar-refractivity contribution is 6.64. The Labute approximate surface area is 119 Å². The van der Waals surface area contributed by atoms with Crippen molar-refractivity contribution in [2.45, 2.75) is 13.8 Å². The van der Waals surface area contributed by atoms with Crippen molar-refractivity contribution >= 4 is 33.7 Å². The Hall–Kier alpha value is -2.21. The molecule has 0 aliphatic carbocycles. The number of nitrogens with zero attached hydrogens (tertiary/aromatic N) is 2. The third kappa shape index (κ3) is 3.42. The lowest BCUT2D eigenvalue weighted by molar-refractivity contribution is 0.0957. The van der Waals surface area contributed by atoms with Gasteiger partial charge in [0.25, 0.3) is 5.91 Å². The number of aliphatic imine (C=N–C) groups is 1. The second-order valence-corrected chi connectivity index (χ2v) is 4.69. The molecule has 1 aromatic heterocycles. The molecule has 104 valence electrons. The summed E-state index contributed by atoms with van der Waals surface area (Å²) in [6, 6.07) is 4.07. The van der Waals surface area contributed by atoms with Gasteiger partial charge in [-0.2, -0.15) is 0 Å². The number of rotatable bonds is 3. The quantitative estimate of drug-likeness (QED) is 0.854. The summed E-state index contributed by atoms with van der Waals surface area (Å²) in [5, 5.41) is 2.96. The largest absolute Gasteiger partial charge is 0.334 e. The molecular formula is C13H12ClFN4O. The molecule has 0 saturated carbocycles. The van der Waals surface area contributed by atoms with Gasteiger partial charge in [-0.3, -0.25) is 4.79 Å². The van der Waals surface area contributed by atoms with Gasteiger partial charge in [-0.05, 0) is 32.0 Å². The Balaban J connectivity index is 2.19. The molecule has 0 atom stereocenters. The van der Waals surface area contributed by atoms with E-state index in [2.05, 4.69) is 20.3 Å². The predicted octanol–water partition coefficient (Wildman–Crippen LogP) is 2.95. The van der Waals surface area contributed by atoms with E-state index in [0.717, 1.165) is 0 Å². The van der Waals surface area contributed by atoms with Crippen LogP contribution in [0.25, 0.3) is 11.0 Å². The first-order chi connectivity index (χ1) is 9.45. The summed E-state index contributed by atoms with van der Waals surface area (Å²) in [7, 11) is 0. The van der Waals surface area contributed by atoms with E-state index in [-0.39, 0.29) is 5.82 Å². The number of nitrogens with one attached hydrogen (secondary N) is 2. The minimum Gasteiger partial charge on any atom is -0.334 e. The van der Waals surface area contributed by atoms with Crippen LogP contribution in [0.4, 0.5) is 4.39 Å². The lowest BCUT2D eigenvalue weighted by Gasteiger charge is -2.00. The van der Waals surface area contributed by atoms with E-state index in [9.17, 15) is 9.18 Å². The summed E-state index contributed by atoms with van der Waals surface area (Å²) in [6.45, 7) is 3.30. The van der Waals surface area contributed by atoms with Crippen LogP contribution in [0.2, 0.25) is 0 Å². The Morgan fingerprint density at radius 3 is 2.95 bits per heavy atom. The van der Waals surface area contributed by atoms with Gasteiger partial charge in [0.1, 0.15) is 11.0 Å². The zero-order valence-electron chi connectivity index (χ0n) is 10.9. The van der Waals surface area contributed by atoms with Gasteiger partial charge in [0.05, 0.1) is 11.0 Å². The molecule has 0 saturated heterocycles. The number of fused-ring (bicyclic) bond motifs is 1. The molecular weight excluding hydrogens is 283 g/mol. The van der Waals surface area contributed by atoms with Crippen LogP contribution in [0, 0.1) is 5.82 Å². The first-order valence-corrected chi connectivity index (χ1v) is 6.17. The Morgan fingerprint density at radius 1 is 1.50 bits per heavy atom. The number of aromatic nitrogens is 2. The smallest absolute Gasteiger partial charge is 0.291 e. The number of amides is 1. The summed E-state index contributed by atoms with van der Waals surface area (Å²) in [5.74, 6) is -0.723. The molecule has 2 rings (SSSR count). The number of allylic oxidation sites excluding steroid dienone is 1. The summed E-state index contributed by atoms with van der Waals surface area (Å²) in [4.78, 5) is 22.6. The molecule has 2 aromatic rings. The van der Waals surface area contributed by atoms with Crippen LogP contribution < -0.4 is 5.32 Å². The van der Waals surface area contributed by atoms with Crippen LogP contribution in [0.3, 0.4) is 0 Å². The number of H-pyrrole nitrogens is 1. The highest BCUT2D eigenvalue weighted by Crippen LogP contribution is 2.13. The van der Waals surface area contributed by atoms with Crippen molar-refractivity contribution in [2.75, 3.05) is 0 Å². The molecule has 1 heterocycles. The van der Waals surface area contributed by atoms with Crippen molar-refractivity contribution in [1.29, 1.82) is 0 Å². The van der Waals surface area contributed by atoms with E-state index >= 15 is 0 Å². The molecule has 0 fully saturated rings. The van der Waals surface area contributed by atoms with Crippen molar-refractivity contribution in [2.24, 2.45) is 4.99 Å². The monoisotopic (exact) mass is 294 g/mol. The van der Waals surface area contributed by atoms with Gasteiger partial charge in [0.15, 0.2) is 5.82 Å². The number of benzene rings is 1. The average molecular weight is 295 g/mol. The Morgan fingerprint density at radius 2 is 2.25 bits per heavy atom. The van der Waals surface area contributed by atoms with Crippen molar-refractivity contribution in [3.05, 3.63) is 41.7 Å². The number of halogens is 2. The third-order valence-electron chi connectivity index (χ3n) is 2.41. The van der Waals surface area contributed by atoms with Gasteiger partial charge < -0.3 is 10.3 Å². The number of hydrogen-bond donors (Lipinski definition) is 2. The van der Waals surface area contributed by atoms with Gasteiger partial charge in [-0.25, -0.2) is 14.4 Å². The molecule has 1 amide bonds. The van der Waals surface area contributed by atoms with Gasteiger partial charge in [-0.15, -0.1) is 0 Å². The Kier molecular flexibility index (Phi) is 4.14. The maximum absolute atomic E-state index is 13.0. The zero-order chi connectivity index (χ0) is 14.7. The van der Waals surface area contributed by atoms with Gasteiger partial charge >= 0.3 is 0 Å².